The summed E-state index contributed by atoms with van der Waals surface area (Å²) in [5.41, 5.74) is 30.7. The van der Waals surface area contributed by atoms with Gasteiger partial charge in [-0.3, -0.25) is 12.1 Å². The van der Waals surface area contributed by atoms with Gasteiger partial charge in [0.15, 0.2) is 0 Å². The van der Waals surface area contributed by atoms with Crippen molar-refractivity contribution in [2.75, 3.05) is 0 Å². The Morgan fingerprint density at radius 2 is 0.413 bits per heavy atom. The SMILES string of the molecule is [Ir+3].[Ir+3].[c-]1cc(-c2ccccc2-c2cc(-c3ccccc3-c3c[c-]c(-c4ccccn4)cc3)cc(-c3ccccc3-c3c[c-]c(-c4ccccn4)cc3)c2)c[c-]c1-c1ncccn1.[c-]1cc(-c2ccccc2-c2cccc(-c3ccccc3-c3c[c-]c(-c4ccccn4)cc3)c2)ccc1-c1ccccn1. The van der Waals surface area contributed by atoms with E-state index < -0.39 is 0 Å². The van der Waals surface area contributed by atoms with Crippen molar-refractivity contribution in [2.24, 2.45) is 0 Å². The first-order chi connectivity index (χ1) is 50.6. The molecule has 0 saturated carbocycles. The van der Waals surface area contributed by atoms with Crippen LogP contribution in [0.15, 0.2) is 365 Å². The summed E-state index contributed by atoms with van der Waals surface area (Å²) in [6, 6.07) is 134. The van der Waals surface area contributed by atoms with E-state index in [1.165, 1.54) is 33.4 Å². The number of rotatable bonds is 15. The Hall–Kier alpha value is -12.4. The van der Waals surface area contributed by atoms with E-state index in [0.29, 0.717) is 5.82 Å². The zero-order valence-electron chi connectivity index (χ0n) is 56.0. The molecule has 0 amide bonds. The molecule has 104 heavy (non-hydrogen) atoms. The summed E-state index contributed by atoms with van der Waals surface area (Å²) >= 11 is 0. The van der Waals surface area contributed by atoms with E-state index in [1.807, 2.05) is 116 Å². The van der Waals surface area contributed by atoms with Gasteiger partial charge in [0, 0.05) is 37.2 Å². The van der Waals surface area contributed by atoms with Gasteiger partial charge in [-0.2, -0.15) is 5.56 Å². The third kappa shape index (κ3) is 15.3. The molecule has 0 radical (unpaired) electrons. The molecule has 5 heterocycles. The second kappa shape index (κ2) is 32.5. The molecule has 0 bridgehead atoms. The minimum absolute atomic E-state index is 0. The van der Waals surface area contributed by atoms with Gasteiger partial charge < -0.3 is 29.9 Å². The summed E-state index contributed by atoms with van der Waals surface area (Å²) in [6.07, 6.45) is 10.7. The molecule has 17 rings (SSSR count). The molecular weight excluding hydrogens is 1620 g/mol. The van der Waals surface area contributed by atoms with Gasteiger partial charge in [0.1, 0.15) is 0 Å². The van der Waals surface area contributed by atoms with Crippen LogP contribution in [0.1, 0.15) is 0 Å². The zero-order valence-corrected chi connectivity index (χ0v) is 60.8. The molecule has 0 aliphatic rings. The number of benzene rings is 12. The topological polar surface area (TPSA) is 77.3 Å². The maximum Gasteiger partial charge on any atom is 3.00 e. The summed E-state index contributed by atoms with van der Waals surface area (Å²) in [5, 5.41) is 0. The van der Waals surface area contributed by atoms with E-state index in [4.69, 9.17) is 0 Å². The minimum atomic E-state index is 0. The van der Waals surface area contributed by atoms with Gasteiger partial charge in [-0.1, -0.05) is 238 Å². The maximum absolute atomic E-state index is 4.54. The predicted molar refractivity (Wildman–Crippen MR) is 414 cm³/mol. The van der Waals surface area contributed by atoms with Crippen LogP contribution in [0.2, 0.25) is 0 Å². The Labute approximate surface area is 634 Å². The van der Waals surface area contributed by atoms with Crippen molar-refractivity contribution in [2.45, 2.75) is 0 Å². The van der Waals surface area contributed by atoms with Gasteiger partial charge >= 0.3 is 40.2 Å². The molecule has 0 fully saturated rings. The fraction of sp³-hybridized carbons (Fsp3) is 0. The number of aromatic nitrogens is 6. The number of pyridine rings is 4. The second-order valence-electron chi connectivity index (χ2n) is 24.4. The largest absolute Gasteiger partial charge is 3.00 e. The third-order valence-corrected chi connectivity index (χ3v) is 18.1. The van der Waals surface area contributed by atoms with Gasteiger partial charge in [0.05, 0.1) is 0 Å². The van der Waals surface area contributed by atoms with Crippen molar-refractivity contribution in [1.29, 1.82) is 0 Å². The molecule has 6 nitrogen and oxygen atoms in total. The first-order valence-electron chi connectivity index (χ1n) is 33.8. The van der Waals surface area contributed by atoms with Crippen LogP contribution < -0.4 is 0 Å². The quantitative estimate of drug-likeness (QED) is 0.0952. The van der Waals surface area contributed by atoms with Crippen LogP contribution in [-0.4, -0.2) is 29.9 Å². The first kappa shape index (κ1) is 68.7. The van der Waals surface area contributed by atoms with Crippen molar-refractivity contribution < 1.29 is 40.2 Å². The summed E-state index contributed by atoms with van der Waals surface area (Å²) in [5.74, 6) is 0.597. The normalized spacial score (nSPS) is 10.7. The monoisotopic (exact) mass is 1680 g/mol. The van der Waals surface area contributed by atoms with Crippen LogP contribution in [0.3, 0.4) is 0 Å². The predicted octanol–water partition coefficient (Wildman–Crippen LogP) is 23.5. The Morgan fingerprint density at radius 1 is 0.173 bits per heavy atom. The number of hydrogen-bond acceptors (Lipinski definition) is 6. The standard InChI is InChI=1S/C56H34N4.C40H26N2.2Ir/c1-4-15-51(48(12-1)39-20-26-42(27-21-39)54-18-7-9-32-57-54)45-36-46(52-16-5-2-13-49(52)40-22-28-43(29-23-40)55-19-8-10-33-58-55)38-47(37-45)53-17-6-3-14-50(53)41-24-30-44(31-25-41)56-59-34-11-35-60-56;1-3-14-37(35(12-1)29-18-22-31(23-19-29)39-16-5-7-26-41-39)33-10-9-11-34(28-33)38-15-4-2-13-36(38)30-20-24-32(25-21-30)40-17-6-8-27-42-40;;/h1-26,28,32-38H;1-22,24,26-28H;;/q-4;-2;2*+3. The van der Waals surface area contributed by atoms with Gasteiger partial charge in [0.2, 0.25) is 0 Å². The van der Waals surface area contributed by atoms with Gasteiger partial charge in [-0.15, -0.1) is 119 Å². The van der Waals surface area contributed by atoms with Crippen LogP contribution in [0.5, 0.6) is 0 Å². The Kier molecular flexibility index (Phi) is 21.5. The van der Waals surface area contributed by atoms with Gasteiger partial charge in [0.25, 0.3) is 0 Å². The van der Waals surface area contributed by atoms with Crippen molar-refractivity contribution in [1.82, 2.24) is 29.9 Å². The van der Waals surface area contributed by atoms with Crippen molar-refractivity contribution in [3.8, 4) is 168 Å². The van der Waals surface area contributed by atoms with E-state index in [9.17, 15) is 0 Å². The Morgan fingerprint density at radius 3 is 0.683 bits per heavy atom. The Bertz CT molecular complexity index is 5200. The molecule has 5 aromatic heterocycles. The summed E-state index contributed by atoms with van der Waals surface area (Å²) in [4.78, 5) is 26.8. The molecule has 0 aliphatic carbocycles. The van der Waals surface area contributed by atoms with Crippen molar-refractivity contribution in [3.05, 3.63) is 401 Å². The smallest absolute Gasteiger partial charge is 0.333 e. The van der Waals surface area contributed by atoms with Crippen LogP contribution in [0, 0.1) is 36.4 Å². The Balaban J connectivity index is 0.000000183. The first-order valence-corrected chi connectivity index (χ1v) is 33.8. The summed E-state index contributed by atoms with van der Waals surface area (Å²) in [6.45, 7) is 0. The molecule has 0 unspecified atom stereocenters. The zero-order chi connectivity index (χ0) is 68.2. The maximum atomic E-state index is 4.54. The van der Waals surface area contributed by atoms with Crippen molar-refractivity contribution in [3.63, 3.8) is 0 Å². The number of nitrogens with zero attached hydrogens (tertiary/aromatic N) is 6. The van der Waals surface area contributed by atoms with E-state index in [-0.39, 0.29) is 40.2 Å². The van der Waals surface area contributed by atoms with Gasteiger partial charge in [-0.05, 0) is 139 Å². The fourth-order valence-corrected chi connectivity index (χ4v) is 13.1. The average molecular weight is 1680 g/mol. The molecule has 12 aromatic carbocycles. The fourth-order valence-electron chi connectivity index (χ4n) is 13.1. The molecule has 17 aromatic rings. The number of hydrogen-bond donors (Lipinski definition) is 0. The third-order valence-electron chi connectivity index (χ3n) is 18.1. The van der Waals surface area contributed by atoms with E-state index in [0.717, 1.165) is 128 Å². The van der Waals surface area contributed by atoms with Crippen molar-refractivity contribution >= 4 is 0 Å². The van der Waals surface area contributed by atoms with Crippen LogP contribution >= 0.6 is 0 Å². The second-order valence-corrected chi connectivity index (χ2v) is 24.4. The average Bonchev–Trinajstić information content (AvgIpc) is 0.780. The molecule has 0 aliphatic heterocycles. The molecule has 8 heteroatoms. The van der Waals surface area contributed by atoms with E-state index in [1.54, 1.807) is 12.4 Å². The molecule has 0 N–H and O–H groups in total. The molecule has 492 valence electrons. The summed E-state index contributed by atoms with van der Waals surface area (Å²) < 4.78 is 0. The van der Waals surface area contributed by atoms with E-state index in [2.05, 4.69) is 303 Å². The van der Waals surface area contributed by atoms with Crippen LogP contribution in [-0.2, 0) is 40.2 Å². The molecule has 0 spiro atoms. The molecule has 0 atom stereocenters. The van der Waals surface area contributed by atoms with Gasteiger partial charge in [-0.25, -0.2) is 17.7 Å². The molecule has 0 saturated heterocycles. The summed E-state index contributed by atoms with van der Waals surface area (Å²) in [7, 11) is 0. The van der Waals surface area contributed by atoms with Crippen LogP contribution in [0.25, 0.3) is 168 Å². The van der Waals surface area contributed by atoms with E-state index >= 15 is 0 Å². The minimum Gasteiger partial charge on any atom is -0.333 e. The molecular formula is C96H60Ir2N6. The van der Waals surface area contributed by atoms with Crippen LogP contribution in [0.4, 0.5) is 0 Å².